The Labute approximate surface area is 194 Å². The number of nitro benzene ring substituents is 1. The molecule has 1 aliphatic heterocycles. The van der Waals surface area contributed by atoms with Gasteiger partial charge in [0.1, 0.15) is 6.54 Å². The number of anilines is 1. The second-order valence-electron chi connectivity index (χ2n) is 8.38. The van der Waals surface area contributed by atoms with E-state index in [0.717, 1.165) is 35.8 Å². The van der Waals surface area contributed by atoms with Crippen LogP contribution in [0.2, 0.25) is 0 Å². The number of benzene rings is 2. The van der Waals surface area contributed by atoms with Gasteiger partial charge < -0.3 is 5.32 Å². The topological polar surface area (TPSA) is 113 Å². The van der Waals surface area contributed by atoms with Crippen molar-refractivity contribution in [3.63, 3.8) is 0 Å². The molecule has 0 aliphatic carbocycles. The Morgan fingerprint density at radius 2 is 1.79 bits per heavy atom. The van der Waals surface area contributed by atoms with Gasteiger partial charge in [-0.15, -0.1) is 0 Å². The molecule has 9 nitrogen and oxygen atoms in total. The molecular weight excluding hydrogens is 444 g/mol. The first-order chi connectivity index (χ1) is 15.6. The highest BCUT2D eigenvalue weighted by atomic mass is 32.2. The molecule has 10 heteroatoms. The Hall–Kier alpha value is -2.98. The monoisotopic (exact) mass is 474 g/mol. The zero-order valence-electron chi connectivity index (χ0n) is 19.0. The molecule has 0 unspecified atom stereocenters. The zero-order valence-corrected chi connectivity index (χ0v) is 19.8. The van der Waals surface area contributed by atoms with E-state index in [9.17, 15) is 23.3 Å². The molecule has 1 heterocycles. The van der Waals surface area contributed by atoms with E-state index in [2.05, 4.69) is 16.3 Å². The Balaban J connectivity index is 1.67. The van der Waals surface area contributed by atoms with E-state index in [0.29, 0.717) is 0 Å². The summed E-state index contributed by atoms with van der Waals surface area (Å²) in [6.07, 6.45) is 4.69. The van der Waals surface area contributed by atoms with Crippen LogP contribution in [0.4, 0.5) is 11.4 Å². The Morgan fingerprint density at radius 1 is 1.12 bits per heavy atom. The molecule has 1 saturated heterocycles. The van der Waals surface area contributed by atoms with E-state index in [4.69, 9.17) is 0 Å². The van der Waals surface area contributed by atoms with Gasteiger partial charge >= 0.3 is 0 Å². The van der Waals surface area contributed by atoms with Gasteiger partial charge in [0.05, 0.1) is 22.4 Å². The number of hydrogen-bond donors (Lipinski definition) is 1. The standard InChI is InChI=1S/C23H30N4O5S/c1-18-21(10-7-11-22(18)27(29)30)26(33(2,31)32)17-23(28)24-15-19-8-6-9-20(14-19)16-25-12-4-3-5-13-25/h6-11,14H,3-5,12-13,15-17H2,1-2H3,(H,24,28). The summed E-state index contributed by atoms with van der Waals surface area (Å²) in [6.45, 7) is 4.33. The molecule has 1 N–H and O–H groups in total. The molecule has 0 atom stereocenters. The summed E-state index contributed by atoms with van der Waals surface area (Å²) in [6, 6.07) is 12.2. The average Bonchev–Trinajstić information content (AvgIpc) is 2.76. The van der Waals surface area contributed by atoms with Crippen molar-refractivity contribution in [2.75, 3.05) is 30.2 Å². The summed E-state index contributed by atoms with van der Waals surface area (Å²) in [4.78, 5) is 25.7. The van der Waals surface area contributed by atoms with Crippen molar-refractivity contribution in [1.29, 1.82) is 0 Å². The van der Waals surface area contributed by atoms with Crippen LogP contribution in [0.25, 0.3) is 0 Å². The molecule has 1 aliphatic rings. The molecule has 1 amide bonds. The first-order valence-electron chi connectivity index (χ1n) is 10.9. The fourth-order valence-electron chi connectivity index (χ4n) is 4.06. The number of piperidine rings is 1. The van der Waals surface area contributed by atoms with E-state index < -0.39 is 27.4 Å². The van der Waals surface area contributed by atoms with E-state index in [1.54, 1.807) is 0 Å². The van der Waals surface area contributed by atoms with Gasteiger partial charge in [-0.25, -0.2) is 8.42 Å². The maximum Gasteiger partial charge on any atom is 0.274 e. The van der Waals surface area contributed by atoms with Crippen molar-refractivity contribution in [3.05, 3.63) is 69.3 Å². The molecule has 2 aromatic rings. The van der Waals surface area contributed by atoms with Gasteiger partial charge in [0.25, 0.3) is 5.69 Å². The van der Waals surface area contributed by atoms with Gasteiger partial charge in [0.15, 0.2) is 0 Å². The van der Waals surface area contributed by atoms with Crippen molar-refractivity contribution in [3.8, 4) is 0 Å². The fourth-order valence-corrected chi connectivity index (χ4v) is 4.97. The minimum Gasteiger partial charge on any atom is -0.350 e. The smallest absolute Gasteiger partial charge is 0.274 e. The minimum atomic E-state index is -3.84. The van der Waals surface area contributed by atoms with Gasteiger partial charge in [-0.3, -0.25) is 24.1 Å². The largest absolute Gasteiger partial charge is 0.350 e. The third kappa shape index (κ3) is 6.75. The number of likely N-dealkylation sites (tertiary alicyclic amines) is 1. The normalized spacial score (nSPS) is 14.6. The third-order valence-corrected chi connectivity index (χ3v) is 6.89. The van der Waals surface area contributed by atoms with Crippen molar-refractivity contribution >= 4 is 27.3 Å². The van der Waals surface area contributed by atoms with Crippen molar-refractivity contribution < 1.29 is 18.1 Å². The number of amides is 1. The first-order valence-corrected chi connectivity index (χ1v) is 12.8. The number of hydrogen-bond acceptors (Lipinski definition) is 6. The summed E-state index contributed by atoms with van der Waals surface area (Å²) in [7, 11) is -3.84. The molecule has 3 rings (SSSR count). The van der Waals surface area contributed by atoms with E-state index in [1.807, 2.05) is 18.2 Å². The number of nitro groups is 1. The van der Waals surface area contributed by atoms with Crippen LogP contribution in [0.3, 0.4) is 0 Å². The molecule has 1 fully saturated rings. The lowest BCUT2D eigenvalue weighted by atomic mass is 10.1. The van der Waals surface area contributed by atoms with Crippen LogP contribution in [-0.4, -0.2) is 50.0 Å². The van der Waals surface area contributed by atoms with Crippen LogP contribution in [-0.2, 0) is 27.9 Å². The third-order valence-electron chi connectivity index (χ3n) is 5.77. The van der Waals surface area contributed by atoms with Crippen LogP contribution in [0.5, 0.6) is 0 Å². The van der Waals surface area contributed by atoms with Crippen molar-refractivity contribution in [2.24, 2.45) is 0 Å². The van der Waals surface area contributed by atoms with Gasteiger partial charge in [0, 0.05) is 19.2 Å². The van der Waals surface area contributed by atoms with Crippen LogP contribution in [0, 0.1) is 17.0 Å². The highest BCUT2D eigenvalue weighted by Crippen LogP contribution is 2.29. The Bertz CT molecular complexity index is 1110. The lowest BCUT2D eigenvalue weighted by molar-refractivity contribution is -0.385. The SMILES string of the molecule is Cc1c(N(CC(=O)NCc2cccc(CN3CCCCC3)c2)S(C)(=O)=O)cccc1[N+](=O)[O-]. The van der Waals surface area contributed by atoms with Crippen LogP contribution in [0.1, 0.15) is 36.0 Å². The fraction of sp³-hybridized carbons (Fsp3) is 0.435. The molecule has 0 saturated carbocycles. The van der Waals surface area contributed by atoms with E-state index >= 15 is 0 Å². The van der Waals surface area contributed by atoms with Crippen LogP contribution < -0.4 is 9.62 Å². The highest BCUT2D eigenvalue weighted by Gasteiger charge is 2.25. The summed E-state index contributed by atoms with van der Waals surface area (Å²) in [5, 5.41) is 14.0. The quantitative estimate of drug-likeness (QED) is 0.442. The predicted octanol–water partition coefficient (Wildman–Crippen LogP) is 2.97. The number of sulfonamides is 1. The van der Waals surface area contributed by atoms with E-state index in [-0.39, 0.29) is 23.5 Å². The van der Waals surface area contributed by atoms with Gasteiger partial charge in [0.2, 0.25) is 15.9 Å². The second kappa shape index (κ2) is 10.8. The van der Waals surface area contributed by atoms with Crippen molar-refractivity contribution in [2.45, 2.75) is 39.3 Å². The van der Waals surface area contributed by atoms with E-state index in [1.165, 1.54) is 49.9 Å². The van der Waals surface area contributed by atoms with Crippen molar-refractivity contribution in [1.82, 2.24) is 10.2 Å². The summed E-state index contributed by atoms with van der Waals surface area (Å²) in [5.41, 5.74) is 2.20. The summed E-state index contributed by atoms with van der Waals surface area (Å²) in [5.74, 6) is -0.493. The minimum absolute atomic E-state index is 0.116. The summed E-state index contributed by atoms with van der Waals surface area (Å²) >= 11 is 0. The molecule has 0 spiro atoms. The predicted molar refractivity (Wildman–Crippen MR) is 127 cm³/mol. The van der Waals surface area contributed by atoms with Gasteiger partial charge in [-0.2, -0.15) is 0 Å². The van der Waals surface area contributed by atoms with Crippen LogP contribution >= 0.6 is 0 Å². The Kier molecular flexibility index (Phi) is 8.04. The zero-order chi connectivity index (χ0) is 24.0. The molecule has 0 aromatic heterocycles. The molecule has 0 radical (unpaired) electrons. The number of nitrogens with zero attached hydrogens (tertiary/aromatic N) is 3. The molecular formula is C23H30N4O5S. The maximum atomic E-state index is 12.6. The maximum absolute atomic E-state index is 12.6. The molecule has 33 heavy (non-hydrogen) atoms. The number of nitrogens with one attached hydrogen (secondary N) is 1. The van der Waals surface area contributed by atoms with Crippen LogP contribution in [0.15, 0.2) is 42.5 Å². The lowest BCUT2D eigenvalue weighted by Gasteiger charge is -2.26. The number of carbonyl (C=O) groups excluding carboxylic acids is 1. The highest BCUT2D eigenvalue weighted by molar-refractivity contribution is 7.92. The summed E-state index contributed by atoms with van der Waals surface area (Å²) < 4.78 is 25.7. The lowest BCUT2D eigenvalue weighted by Crippen LogP contribution is -2.40. The average molecular weight is 475 g/mol. The molecule has 178 valence electrons. The molecule has 2 aromatic carbocycles. The van der Waals surface area contributed by atoms with Gasteiger partial charge in [-0.05, 0) is 50.0 Å². The molecule has 0 bridgehead atoms. The van der Waals surface area contributed by atoms with Gasteiger partial charge in [-0.1, -0.05) is 36.8 Å². The Morgan fingerprint density at radius 3 is 2.45 bits per heavy atom. The number of rotatable bonds is 9. The second-order valence-corrected chi connectivity index (χ2v) is 10.3. The number of carbonyl (C=O) groups is 1. The first kappa shape index (κ1) is 24.7.